The number of nitrogens with zero attached hydrogens (tertiary/aromatic N) is 5. The van der Waals surface area contributed by atoms with Crippen LogP contribution in [-0.4, -0.2) is 51.2 Å². The Morgan fingerprint density at radius 1 is 1.27 bits per heavy atom. The lowest BCUT2D eigenvalue weighted by molar-refractivity contribution is 0.128. The quantitative estimate of drug-likeness (QED) is 0.325. The SMILES string of the molecule is C=CS/C(=N\C)c1cn(C2CC(C)C(C3CCN(CC4CC4)CC3)C2)c2nc(Cl)nc(N)c12. The Morgan fingerprint density at radius 3 is 2.70 bits per heavy atom. The van der Waals surface area contributed by atoms with E-state index >= 15 is 0 Å². The number of aliphatic imine (C=N–C) groups is 1. The first-order valence-corrected chi connectivity index (χ1v) is 13.5. The molecule has 33 heavy (non-hydrogen) atoms. The zero-order valence-electron chi connectivity index (χ0n) is 19.7. The maximum atomic E-state index is 6.34. The van der Waals surface area contributed by atoms with Gasteiger partial charge >= 0.3 is 0 Å². The van der Waals surface area contributed by atoms with Crippen molar-refractivity contribution < 1.29 is 0 Å². The number of thioether (sulfide) groups is 1. The summed E-state index contributed by atoms with van der Waals surface area (Å²) in [6, 6.07) is 0.392. The van der Waals surface area contributed by atoms with E-state index in [9.17, 15) is 0 Å². The highest BCUT2D eigenvalue weighted by molar-refractivity contribution is 8.16. The molecule has 6 nitrogen and oxygen atoms in total. The van der Waals surface area contributed by atoms with Gasteiger partial charge < -0.3 is 15.2 Å². The van der Waals surface area contributed by atoms with E-state index in [-0.39, 0.29) is 5.28 Å². The van der Waals surface area contributed by atoms with E-state index in [2.05, 4.69) is 44.1 Å². The van der Waals surface area contributed by atoms with Gasteiger partial charge in [0.2, 0.25) is 5.28 Å². The van der Waals surface area contributed by atoms with Crippen molar-refractivity contribution in [2.45, 2.75) is 51.5 Å². The summed E-state index contributed by atoms with van der Waals surface area (Å²) >= 11 is 7.75. The fraction of sp³-hybridized carbons (Fsp3) is 0.640. The fourth-order valence-corrected chi connectivity index (χ4v) is 6.98. The first kappa shape index (κ1) is 23.2. The van der Waals surface area contributed by atoms with Crippen LogP contribution in [0.3, 0.4) is 0 Å². The van der Waals surface area contributed by atoms with Crippen LogP contribution >= 0.6 is 23.4 Å². The average molecular weight is 487 g/mol. The number of fused-ring (bicyclic) bond motifs is 1. The van der Waals surface area contributed by atoms with Crippen molar-refractivity contribution in [3.8, 4) is 0 Å². The summed E-state index contributed by atoms with van der Waals surface area (Å²) < 4.78 is 2.31. The number of rotatable bonds is 6. The minimum absolute atomic E-state index is 0.197. The molecule has 0 amide bonds. The van der Waals surface area contributed by atoms with Crippen molar-refractivity contribution in [2.75, 3.05) is 32.4 Å². The molecule has 2 aromatic heterocycles. The molecule has 3 atom stereocenters. The number of nitrogens with two attached hydrogens (primary N) is 1. The van der Waals surface area contributed by atoms with Gasteiger partial charge in [-0.1, -0.05) is 25.3 Å². The lowest BCUT2D eigenvalue weighted by Gasteiger charge is -2.36. The van der Waals surface area contributed by atoms with Gasteiger partial charge in [-0.05, 0) is 92.3 Å². The number of hydrogen-bond acceptors (Lipinski definition) is 6. The Balaban J connectivity index is 1.39. The summed E-state index contributed by atoms with van der Waals surface area (Å²) in [6.07, 6.45) is 10.1. The summed E-state index contributed by atoms with van der Waals surface area (Å²) in [5.74, 6) is 3.69. The third-order valence-corrected chi connectivity index (χ3v) is 9.03. The summed E-state index contributed by atoms with van der Waals surface area (Å²) in [7, 11) is 1.80. The van der Waals surface area contributed by atoms with Gasteiger partial charge in [-0.2, -0.15) is 4.98 Å². The molecule has 2 aliphatic carbocycles. The van der Waals surface area contributed by atoms with Gasteiger partial charge in [0, 0.05) is 31.4 Å². The molecule has 0 radical (unpaired) electrons. The summed E-state index contributed by atoms with van der Waals surface area (Å²) in [4.78, 5) is 16.1. The van der Waals surface area contributed by atoms with Crippen LogP contribution in [-0.2, 0) is 0 Å². The molecule has 2 N–H and O–H groups in total. The van der Waals surface area contributed by atoms with E-state index in [0.717, 1.165) is 45.8 Å². The lowest BCUT2D eigenvalue weighted by atomic mass is 9.79. The van der Waals surface area contributed by atoms with Crippen LogP contribution in [0.4, 0.5) is 5.82 Å². The van der Waals surface area contributed by atoms with E-state index in [1.165, 1.54) is 63.5 Å². The molecule has 0 spiro atoms. The first-order valence-electron chi connectivity index (χ1n) is 12.3. The molecule has 2 aromatic rings. The molecular weight excluding hydrogens is 452 g/mol. The van der Waals surface area contributed by atoms with E-state index in [1.807, 2.05) is 0 Å². The Morgan fingerprint density at radius 2 is 2.03 bits per heavy atom. The van der Waals surface area contributed by atoms with Crippen LogP contribution in [0.15, 0.2) is 23.2 Å². The second-order valence-corrected chi connectivity index (χ2v) is 11.5. The molecule has 1 aliphatic heterocycles. The van der Waals surface area contributed by atoms with Crippen molar-refractivity contribution in [2.24, 2.45) is 28.7 Å². The summed E-state index contributed by atoms with van der Waals surface area (Å²) in [5.41, 5.74) is 8.13. The van der Waals surface area contributed by atoms with Crippen LogP contribution in [0.25, 0.3) is 11.0 Å². The molecule has 3 unspecified atom stereocenters. The predicted molar refractivity (Wildman–Crippen MR) is 140 cm³/mol. The zero-order chi connectivity index (χ0) is 23.1. The number of nitrogen functional groups attached to an aromatic ring is 1. The standard InChI is InChI=1S/C25H35ClN6S/c1-4-33-24(28-3)20-14-32(23-21(20)22(27)29-25(26)30-23)18-11-15(2)19(12-18)17-7-9-31(10-8-17)13-16-5-6-16/h4,14-19H,1,5-13H2,2-3H3,(H2,27,29,30)/b28-24-. The Kier molecular flexibility index (Phi) is 6.74. The number of halogens is 1. The zero-order valence-corrected chi connectivity index (χ0v) is 21.3. The third kappa shape index (κ3) is 4.69. The Hall–Kier alpha value is -1.57. The van der Waals surface area contributed by atoms with E-state index in [4.69, 9.17) is 17.3 Å². The molecule has 5 rings (SSSR count). The molecule has 8 heteroatoms. The lowest BCUT2D eigenvalue weighted by Crippen LogP contribution is -2.37. The van der Waals surface area contributed by atoms with Crippen LogP contribution < -0.4 is 5.73 Å². The van der Waals surface area contributed by atoms with Gasteiger partial charge in [-0.15, -0.1) is 0 Å². The maximum absolute atomic E-state index is 6.34. The van der Waals surface area contributed by atoms with Crippen molar-refractivity contribution in [1.82, 2.24) is 19.4 Å². The highest BCUT2D eigenvalue weighted by Crippen LogP contribution is 2.47. The second-order valence-electron chi connectivity index (χ2n) is 10.2. The van der Waals surface area contributed by atoms with Crippen molar-refractivity contribution in [3.05, 3.63) is 29.0 Å². The number of likely N-dealkylation sites (tertiary alicyclic amines) is 1. The second kappa shape index (κ2) is 9.59. The largest absolute Gasteiger partial charge is 0.383 e. The monoisotopic (exact) mass is 486 g/mol. The van der Waals surface area contributed by atoms with E-state index < -0.39 is 0 Å². The van der Waals surface area contributed by atoms with E-state index in [1.54, 1.807) is 12.5 Å². The highest BCUT2D eigenvalue weighted by atomic mass is 35.5. The van der Waals surface area contributed by atoms with E-state index in [0.29, 0.717) is 17.8 Å². The Bertz CT molecular complexity index is 1050. The highest BCUT2D eigenvalue weighted by Gasteiger charge is 2.39. The van der Waals surface area contributed by atoms with Crippen LogP contribution in [0.2, 0.25) is 5.28 Å². The molecular formula is C25H35ClN6S. The topological polar surface area (TPSA) is 72.3 Å². The average Bonchev–Trinajstić information content (AvgIpc) is 3.40. The molecule has 3 fully saturated rings. The Labute approximate surface area is 206 Å². The molecule has 2 saturated carbocycles. The first-order chi connectivity index (χ1) is 16.0. The molecule has 178 valence electrons. The van der Waals surface area contributed by atoms with Crippen molar-refractivity contribution >= 4 is 45.3 Å². The van der Waals surface area contributed by atoms with Crippen LogP contribution in [0, 0.1) is 23.7 Å². The maximum Gasteiger partial charge on any atom is 0.226 e. The molecule has 3 heterocycles. The number of aromatic nitrogens is 3. The van der Waals surface area contributed by atoms with Gasteiger partial charge in [-0.3, -0.25) is 4.99 Å². The van der Waals surface area contributed by atoms with Crippen molar-refractivity contribution in [1.29, 1.82) is 0 Å². The van der Waals surface area contributed by atoms with Crippen molar-refractivity contribution in [3.63, 3.8) is 0 Å². The fourth-order valence-electron chi connectivity index (χ4n) is 6.26. The smallest absolute Gasteiger partial charge is 0.226 e. The normalized spacial score (nSPS) is 27.5. The summed E-state index contributed by atoms with van der Waals surface area (Å²) in [6.45, 7) is 10.2. The number of anilines is 1. The number of piperidine rings is 1. The van der Waals surface area contributed by atoms with Crippen LogP contribution in [0.1, 0.15) is 57.1 Å². The van der Waals surface area contributed by atoms with Crippen LogP contribution in [0.5, 0.6) is 0 Å². The molecule has 3 aliphatic rings. The van der Waals surface area contributed by atoms with Gasteiger partial charge in [0.15, 0.2) is 0 Å². The third-order valence-electron chi connectivity index (χ3n) is 8.06. The molecule has 1 saturated heterocycles. The molecule has 0 bridgehead atoms. The predicted octanol–water partition coefficient (Wildman–Crippen LogP) is 5.63. The minimum Gasteiger partial charge on any atom is -0.383 e. The van der Waals surface area contributed by atoms with Gasteiger partial charge in [0.05, 0.1) is 5.39 Å². The van der Waals surface area contributed by atoms with Gasteiger partial charge in [0.1, 0.15) is 16.5 Å². The molecule has 0 aromatic carbocycles. The van der Waals surface area contributed by atoms with Gasteiger partial charge in [-0.25, -0.2) is 4.98 Å². The summed E-state index contributed by atoms with van der Waals surface area (Å²) in [5, 5.41) is 3.71. The number of hydrogen-bond donors (Lipinski definition) is 1. The minimum atomic E-state index is 0.197. The van der Waals surface area contributed by atoms with Gasteiger partial charge in [0.25, 0.3) is 0 Å².